The van der Waals surface area contributed by atoms with Crippen LogP contribution in [-0.4, -0.2) is 24.3 Å². The lowest BCUT2D eigenvalue weighted by atomic mass is 10.2. The number of rotatable bonds is 3. The van der Waals surface area contributed by atoms with Crippen molar-refractivity contribution in [2.24, 2.45) is 0 Å². The van der Waals surface area contributed by atoms with Gasteiger partial charge in [-0.05, 0) is 23.6 Å². The number of thiophene rings is 1. The van der Waals surface area contributed by atoms with Crippen LogP contribution < -0.4 is 14.8 Å². The molecule has 1 aliphatic heterocycles. The molecular formula is C16H12N2O4S. The minimum Gasteiger partial charge on any atom is -0.486 e. The molecule has 3 heterocycles. The van der Waals surface area contributed by atoms with E-state index in [1.807, 2.05) is 17.5 Å². The highest BCUT2D eigenvalue weighted by Gasteiger charge is 2.16. The molecule has 116 valence electrons. The Bertz CT molecular complexity index is 842. The number of hydrogen-bond donors (Lipinski definition) is 1. The predicted molar refractivity (Wildman–Crippen MR) is 85.2 cm³/mol. The molecule has 0 saturated heterocycles. The second-order valence-electron chi connectivity index (χ2n) is 4.87. The number of carbonyl (C=O) groups is 1. The molecule has 0 atom stereocenters. The first-order chi connectivity index (χ1) is 11.3. The van der Waals surface area contributed by atoms with Gasteiger partial charge in [0.15, 0.2) is 23.0 Å². The number of hydrogen-bond acceptors (Lipinski definition) is 6. The Kier molecular flexibility index (Phi) is 3.47. The molecule has 0 unspecified atom stereocenters. The van der Waals surface area contributed by atoms with Gasteiger partial charge < -0.3 is 19.3 Å². The van der Waals surface area contributed by atoms with E-state index < -0.39 is 0 Å². The van der Waals surface area contributed by atoms with E-state index in [0.29, 0.717) is 36.2 Å². The highest BCUT2D eigenvalue weighted by molar-refractivity contribution is 7.13. The largest absolute Gasteiger partial charge is 0.486 e. The van der Waals surface area contributed by atoms with Crippen molar-refractivity contribution in [3.8, 4) is 22.1 Å². The summed E-state index contributed by atoms with van der Waals surface area (Å²) >= 11 is 1.52. The van der Waals surface area contributed by atoms with Gasteiger partial charge in [0.25, 0.3) is 5.91 Å². The third kappa shape index (κ3) is 2.78. The zero-order valence-corrected chi connectivity index (χ0v) is 12.8. The Hall–Kier alpha value is -2.80. The lowest BCUT2D eigenvalue weighted by Gasteiger charge is -2.18. The molecule has 1 aromatic carbocycles. The van der Waals surface area contributed by atoms with Crippen molar-refractivity contribution in [1.82, 2.24) is 5.16 Å². The summed E-state index contributed by atoms with van der Waals surface area (Å²) in [5, 5.41) is 8.53. The number of carbonyl (C=O) groups excluding carboxylic acids is 1. The van der Waals surface area contributed by atoms with Crippen LogP contribution in [0.5, 0.6) is 11.5 Å². The van der Waals surface area contributed by atoms with E-state index in [1.165, 1.54) is 11.3 Å². The van der Waals surface area contributed by atoms with Gasteiger partial charge in [-0.25, -0.2) is 0 Å². The molecule has 23 heavy (non-hydrogen) atoms. The number of amides is 1. The summed E-state index contributed by atoms with van der Waals surface area (Å²) in [6, 6.07) is 10.7. The van der Waals surface area contributed by atoms with Crippen molar-refractivity contribution in [3.63, 3.8) is 0 Å². The number of ether oxygens (including phenoxy) is 2. The molecular weight excluding hydrogens is 316 g/mol. The second-order valence-corrected chi connectivity index (χ2v) is 5.81. The maximum Gasteiger partial charge on any atom is 0.277 e. The summed E-state index contributed by atoms with van der Waals surface area (Å²) in [7, 11) is 0. The minimum absolute atomic E-state index is 0.225. The number of aromatic nitrogens is 1. The minimum atomic E-state index is -0.340. The van der Waals surface area contributed by atoms with Crippen molar-refractivity contribution >= 4 is 22.9 Å². The SMILES string of the molecule is O=C(Nc1ccc2c(c1)OCCO2)c1cc(-c2cccs2)on1. The fraction of sp³-hybridized carbons (Fsp3) is 0.125. The molecule has 3 aromatic rings. The zero-order chi connectivity index (χ0) is 15.6. The molecule has 7 heteroatoms. The van der Waals surface area contributed by atoms with Crippen molar-refractivity contribution in [3.05, 3.63) is 47.5 Å². The summed E-state index contributed by atoms with van der Waals surface area (Å²) in [4.78, 5) is 13.2. The molecule has 6 nitrogen and oxygen atoms in total. The van der Waals surface area contributed by atoms with Crippen LogP contribution in [0.3, 0.4) is 0 Å². The van der Waals surface area contributed by atoms with E-state index >= 15 is 0 Å². The van der Waals surface area contributed by atoms with Crippen LogP contribution in [0, 0.1) is 0 Å². The molecule has 0 aliphatic carbocycles. The van der Waals surface area contributed by atoms with Crippen LogP contribution in [0.2, 0.25) is 0 Å². The Morgan fingerprint density at radius 2 is 2.00 bits per heavy atom. The van der Waals surface area contributed by atoms with Gasteiger partial charge in [-0.15, -0.1) is 11.3 Å². The van der Waals surface area contributed by atoms with Crippen molar-refractivity contribution in [1.29, 1.82) is 0 Å². The van der Waals surface area contributed by atoms with Crippen molar-refractivity contribution in [2.75, 3.05) is 18.5 Å². The first-order valence-corrected chi connectivity index (χ1v) is 7.89. The maximum atomic E-state index is 12.3. The maximum absolute atomic E-state index is 12.3. The average Bonchev–Trinajstić information content (AvgIpc) is 3.26. The van der Waals surface area contributed by atoms with E-state index in [4.69, 9.17) is 14.0 Å². The number of fused-ring (bicyclic) bond motifs is 1. The summed E-state index contributed by atoms with van der Waals surface area (Å²) < 4.78 is 16.2. The number of benzene rings is 1. The fourth-order valence-corrected chi connectivity index (χ4v) is 2.91. The van der Waals surface area contributed by atoms with Crippen molar-refractivity contribution < 1.29 is 18.8 Å². The Morgan fingerprint density at radius 3 is 2.83 bits per heavy atom. The van der Waals surface area contributed by atoms with Gasteiger partial charge in [0.1, 0.15) is 13.2 Å². The number of nitrogens with one attached hydrogen (secondary N) is 1. The number of nitrogens with zero attached hydrogens (tertiary/aromatic N) is 1. The lowest BCUT2D eigenvalue weighted by Crippen LogP contribution is -2.16. The number of anilines is 1. The molecule has 0 bridgehead atoms. The van der Waals surface area contributed by atoms with E-state index in [2.05, 4.69) is 10.5 Å². The third-order valence-electron chi connectivity index (χ3n) is 3.31. The van der Waals surface area contributed by atoms with Crippen LogP contribution in [0.15, 0.2) is 46.3 Å². The van der Waals surface area contributed by atoms with Gasteiger partial charge in [0, 0.05) is 17.8 Å². The summed E-state index contributed by atoms with van der Waals surface area (Å²) in [6.45, 7) is 1.03. The van der Waals surface area contributed by atoms with Gasteiger partial charge in [-0.1, -0.05) is 11.2 Å². The topological polar surface area (TPSA) is 73.6 Å². The Balaban J connectivity index is 1.52. The molecule has 0 saturated carbocycles. The first-order valence-electron chi connectivity index (χ1n) is 7.01. The Morgan fingerprint density at radius 1 is 1.13 bits per heavy atom. The lowest BCUT2D eigenvalue weighted by molar-refractivity contribution is 0.101. The van der Waals surface area contributed by atoms with Gasteiger partial charge in [-0.3, -0.25) is 4.79 Å². The van der Waals surface area contributed by atoms with E-state index in [-0.39, 0.29) is 11.6 Å². The first kappa shape index (κ1) is 13.8. The predicted octanol–water partition coefficient (Wildman–Crippen LogP) is 3.43. The molecule has 4 rings (SSSR count). The van der Waals surface area contributed by atoms with Gasteiger partial charge >= 0.3 is 0 Å². The van der Waals surface area contributed by atoms with Crippen LogP contribution >= 0.6 is 11.3 Å². The molecule has 1 aliphatic rings. The normalized spacial score (nSPS) is 12.9. The van der Waals surface area contributed by atoms with Crippen LogP contribution in [0.1, 0.15) is 10.5 Å². The second kappa shape index (κ2) is 5.77. The van der Waals surface area contributed by atoms with Crippen LogP contribution in [0.4, 0.5) is 5.69 Å². The highest BCUT2D eigenvalue weighted by Crippen LogP contribution is 2.33. The molecule has 1 amide bonds. The standard InChI is InChI=1S/C16H12N2O4S/c19-16(11-9-14(22-18-11)15-2-1-7-23-15)17-10-3-4-12-13(8-10)21-6-5-20-12/h1-4,7-9H,5-6H2,(H,17,19). The van der Waals surface area contributed by atoms with Gasteiger partial charge in [0.2, 0.25) is 0 Å². The quantitative estimate of drug-likeness (QED) is 0.797. The third-order valence-corrected chi connectivity index (χ3v) is 4.19. The Labute approximate surface area is 135 Å². The van der Waals surface area contributed by atoms with E-state index in [1.54, 1.807) is 24.3 Å². The molecule has 2 aromatic heterocycles. The smallest absolute Gasteiger partial charge is 0.277 e. The summed E-state index contributed by atoms with van der Waals surface area (Å²) in [5.74, 6) is 1.53. The average molecular weight is 328 g/mol. The molecule has 0 radical (unpaired) electrons. The van der Waals surface area contributed by atoms with E-state index in [9.17, 15) is 4.79 Å². The van der Waals surface area contributed by atoms with Crippen molar-refractivity contribution in [2.45, 2.75) is 0 Å². The monoisotopic (exact) mass is 328 g/mol. The fourth-order valence-electron chi connectivity index (χ4n) is 2.23. The van der Waals surface area contributed by atoms with Gasteiger partial charge in [-0.2, -0.15) is 0 Å². The summed E-state index contributed by atoms with van der Waals surface area (Å²) in [5.41, 5.74) is 0.836. The van der Waals surface area contributed by atoms with Gasteiger partial charge in [0.05, 0.1) is 4.88 Å². The zero-order valence-electron chi connectivity index (χ0n) is 11.9. The summed E-state index contributed by atoms with van der Waals surface area (Å²) in [6.07, 6.45) is 0. The van der Waals surface area contributed by atoms with Crippen LogP contribution in [-0.2, 0) is 0 Å². The van der Waals surface area contributed by atoms with E-state index in [0.717, 1.165) is 4.88 Å². The molecule has 1 N–H and O–H groups in total. The highest BCUT2D eigenvalue weighted by atomic mass is 32.1. The van der Waals surface area contributed by atoms with Crippen LogP contribution in [0.25, 0.3) is 10.6 Å². The molecule has 0 fully saturated rings. The molecule has 0 spiro atoms.